The van der Waals surface area contributed by atoms with Crippen molar-refractivity contribution < 1.29 is 0 Å². The van der Waals surface area contributed by atoms with Crippen LogP contribution in [0.15, 0.2) is 54.9 Å². The van der Waals surface area contributed by atoms with Crippen LogP contribution < -0.4 is 0 Å². The molecule has 120 valence electrons. The van der Waals surface area contributed by atoms with Crippen molar-refractivity contribution in [3.05, 3.63) is 66.2 Å². The summed E-state index contributed by atoms with van der Waals surface area (Å²) < 4.78 is 1.84. The molecule has 24 heavy (non-hydrogen) atoms. The van der Waals surface area contributed by atoms with Crippen LogP contribution in [0.4, 0.5) is 0 Å². The quantitative estimate of drug-likeness (QED) is 0.561. The third-order valence-corrected chi connectivity index (χ3v) is 4.64. The zero-order chi connectivity index (χ0) is 16.4. The monoisotopic (exact) mass is 336 g/mol. The second-order valence-corrected chi connectivity index (χ2v) is 6.57. The number of fused-ring (bicyclic) bond motifs is 1. The number of benzene rings is 1. The van der Waals surface area contributed by atoms with Crippen molar-refractivity contribution in [2.45, 2.75) is 13.1 Å². The van der Waals surface area contributed by atoms with Crippen molar-refractivity contribution in [3.8, 4) is 10.6 Å². The van der Waals surface area contributed by atoms with Crippen LogP contribution in [0, 0.1) is 0 Å². The largest absolute Gasteiger partial charge is 0.295 e. The molecule has 0 bridgehead atoms. The van der Waals surface area contributed by atoms with Crippen LogP contribution in [-0.4, -0.2) is 36.7 Å². The van der Waals surface area contributed by atoms with Crippen LogP contribution in [0.1, 0.15) is 11.4 Å². The molecule has 0 saturated carbocycles. The van der Waals surface area contributed by atoms with E-state index in [-0.39, 0.29) is 0 Å². The lowest BCUT2D eigenvalue weighted by atomic mass is 10.2. The molecule has 3 heterocycles. The van der Waals surface area contributed by atoms with Gasteiger partial charge in [0.2, 0.25) is 4.96 Å². The Morgan fingerprint density at radius 1 is 1.00 bits per heavy atom. The lowest BCUT2D eigenvalue weighted by Gasteiger charge is -2.14. The highest BCUT2D eigenvalue weighted by atomic mass is 32.1. The predicted molar refractivity (Wildman–Crippen MR) is 93.5 cm³/mol. The van der Waals surface area contributed by atoms with Gasteiger partial charge in [-0.05, 0) is 24.7 Å². The maximum Gasteiger partial charge on any atom is 0.235 e. The van der Waals surface area contributed by atoms with Gasteiger partial charge in [0.25, 0.3) is 0 Å². The first-order valence-corrected chi connectivity index (χ1v) is 8.45. The van der Waals surface area contributed by atoms with Gasteiger partial charge in [-0.25, -0.2) is 0 Å². The van der Waals surface area contributed by atoms with E-state index in [1.807, 2.05) is 22.7 Å². The SMILES string of the molecule is CN(Cc1ccccc1)Cc1nnc2sc(-c3ccncc3)nn12. The molecule has 0 spiro atoms. The van der Waals surface area contributed by atoms with Gasteiger partial charge in [-0.15, -0.1) is 10.2 Å². The Labute approximate surface area is 143 Å². The first-order chi connectivity index (χ1) is 11.8. The molecule has 0 N–H and O–H groups in total. The molecule has 0 aliphatic carbocycles. The summed E-state index contributed by atoms with van der Waals surface area (Å²) >= 11 is 1.53. The van der Waals surface area contributed by atoms with E-state index in [0.29, 0.717) is 6.54 Å². The first kappa shape index (κ1) is 14.9. The van der Waals surface area contributed by atoms with Gasteiger partial charge in [0.05, 0.1) is 6.54 Å². The molecule has 0 aliphatic heterocycles. The fraction of sp³-hybridized carbons (Fsp3) is 0.176. The summed E-state index contributed by atoms with van der Waals surface area (Å²) in [5, 5.41) is 14.1. The van der Waals surface area contributed by atoms with Gasteiger partial charge in [-0.2, -0.15) is 9.61 Å². The number of hydrogen-bond donors (Lipinski definition) is 0. The maximum atomic E-state index is 4.66. The molecule has 0 aliphatic rings. The number of hydrogen-bond acceptors (Lipinski definition) is 6. The molecule has 0 amide bonds. The van der Waals surface area contributed by atoms with Gasteiger partial charge in [0.1, 0.15) is 5.01 Å². The van der Waals surface area contributed by atoms with Crippen molar-refractivity contribution in [3.63, 3.8) is 0 Å². The van der Waals surface area contributed by atoms with Gasteiger partial charge in [-0.1, -0.05) is 41.7 Å². The average molecular weight is 336 g/mol. The zero-order valence-corrected chi connectivity index (χ0v) is 14.0. The van der Waals surface area contributed by atoms with E-state index in [4.69, 9.17) is 0 Å². The van der Waals surface area contributed by atoms with Gasteiger partial charge in [0, 0.05) is 24.5 Å². The molecular weight excluding hydrogens is 320 g/mol. The number of aromatic nitrogens is 5. The minimum Gasteiger partial charge on any atom is -0.295 e. The predicted octanol–water partition coefficient (Wildman–Crippen LogP) is 2.88. The van der Waals surface area contributed by atoms with Crippen molar-refractivity contribution in [1.29, 1.82) is 0 Å². The highest BCUT2D eigenvalue weighted by molar-refractivity contribution is 7.19. The minimum atomic E-state index is 0.690. The van der Waals surface area contributed by atoms with Gasteiger partial charge in [0.15, 0.2) is 5.82 Å². The summed E-state index contributed by atoms with van der Waals surface area (Å²) in [6, 6.07) is 14.3. The second kappa shape index (κ2) is 6.46. The smallest absolute Gasteiger partial charge is 0.235 e. The third-order valence-electron chi connectivity index (χ3n) is 3.69. The molecule has 1 aromatic carbocycles. The van der Waals surface area contributed by atoms with Gasteiger partial charge >= 0.3 is 0 Å². The molecule has 7 heteroatoms. The molecule has 0 radical (unpaired) electrons. The molecule has 3 aromatic heterocycles. The molecule has 0 fully saturated rings. The van der Waals surface area contributed by atoms with E-state index in [0.717, 1.165) is 27.9 Å². The Bertz CT molecular complexity index is 932. The number of pyridine rings is 1. The van der Waals surface area contributed by atoms with Crippen LogP contribution >= 0.6 is 11.3 Å². The fourth-order valence-electron chi connectivity index (χ4n) is 2.56. The van der Waals surface area contributed by atoms with Crippen LogP contribution in [0.25, 0.3) is 15.5 Å². The summed E-state index contributed by atoms with van der Waals surface area (Å²) in [5.74, 6) is 0.847. The summed E-state index contributed by atoms with van der Waals surface area (Å²) in [6.07, 6.45) is 3.54. The fourth-order valence-corrected chi connectivity index (χ4v) is 3.42. The van der Waals surface area contributed by atoms with E-state index in [1.54, 1.807) is 12.4 Å². The third kappa shape index (κ3) is 3.04. The van der Waals surface area contributed by atoms with E-state index in [9.17, 15) is 0 Å². The van der Waals surface area contributed by atoms with Crippen molar-refractivity contribution in [1.82, 2.24) is 29.7 Å². The normalized spacial score (nSPS) is 11.4. The average Bonchev–Trinajstić information content (AvgIpc) is 3.19. The molecule has 6 nitrogen and oxygen atoms in total. The van der Waals surface area contributed by atoms with Crippen molar-refractivity contribution in [2.75, 3.05) is 7.05 Å². The molecule has 0 saturated heterocycles. The molecular formula is C17H16N6S. The molecule has 4 aromatic rings. The van der Waals surface area contributed by atoms with Crippen molar-refractivity contribution in [2.24, 2.45) is 0 Å². The lowest BCUT2D eigenvalue weighted by molar-refractivity contribution is 0.308. The van der Waals surface area contributed by atoms with Gasteiger partial charge in [-0.3, -0.25) is 9.88 Å². The number of rotatable bonds is 5. The Hall–Kier alpha value is -2.64. The summed E-state index contributed by atoms with van der Waals surface area (Å²) in [4.78, 5) is 7.06. The van der Waals surface area contributed by atoms with Crippen LogP contribution in [0.2, 0.25) is 0 Å². The first-order valence-electron chi connectivity index (χ1n) is 7.63. The molecule has 0 atom stereocenters. The molecule has 0 unspecified atom stereocenters. The van der Waals surface area contributed by atoms with Crippen LogP contribution in [0.5, 0.6) is 0 Å². The summed E-state index contributed by atoms with van der Waals surface area (Å²) in [7, 11) is 2.07. The van der Waals surface area contributed by atoms with Crippen molar-refractivity contribution >= 4 is 16.3 Å². The standard InChI is InChI=1S/C17H16N6S/c1-22(11-13-5-3-2-4-6-13)12-15-19-20-17-23(15)21-16(24-17)14-7-9-18-10-8-14/h2-10H,11-12H2,1H3. The lowest BCUT2D eigenvalue weighted by Crippen LogP contribution is -2.19. The zero-order valence-electron chi connectivity index (χ0n) is 13.2. The van der Waals surface area contributed by atoms with E-state index < -0.39 is 0 Å². The Balaban J connectivity index is 1.55. The highest BCUT2D eigenvalue weighted by Crippen LogP contribution is 2.24. The van der Waals surface area contributed by atoms with E-state index >= 15 is 0 Å². The van der Waals surface area contributed by atoms with Crippen LogP contribution in [-0.2, 0) is 13.1 Å². The number of nitrogens with zero attached hydrogens (tertiary/aromatic N) is 6. The molecule has 4 rings (SSSR count). The topological polar surface area (TPSA) is 59.2 Å². The second-order valence-electron chi connectivity index (χ2n) is 5.61. The van der Waals surface area contributed by atoms with E-state index in [2.05, 4.69) is 56.5 Å². The Kier molecular flexibility index (Phi) is 4.02. The van der Waals surface area contributed by atoms with Gasteiger partial charge < -0.3 is 0 Å². The highest BCUT2D eigenvalue weighted by Gasteiger charge is 2.14. The minimum absolute atomic E-state index is 0.690. The summed E-state index contributed by atoms with van der Waals surface area (Å²) in [6.45, 7) is 1.55. The maximum absolute atomic E-state index is 4.66. The van der Waals surface area contributed by atoms with E-state index in [1.165, 1.54) is 16.9 Å². The Morgan fingerprint density at radius 3 is 2.58 bits per heavy atom. The Morgan fingerprint density at radius 2 is 1.79 bits per heavy atom. The summed E-state index contributed by atoms with van der Waals surface area (Å²) in [5.41, 5.74) is 2.32. The van der Waals surface area contributed by atoms with Crippen LogP contribution in [0.3, 0.4) is 0 Å².